The minimum absolute atomic E-state index is 0. The van der Waals surface area contributed by atoms with Crippen molar-refractivity contribution in [2.24, 2.45) is 5.73 Å². The quantitative estimate of drug-likeness (QED) is 0.874. The van der Waals surface area contributed by atoms with Crippen LogP contribution in [0.15, 0.2) is 54.6 Å². The average Bonchev–Trinajstić information content (AvgIpc) is 2.38. The van der Waals surface area contributed by atoms with E-state index in [-0.39, 0.29) is 18.0 Å². The van der Waals surface area contributed by atoms with E-state index < -0.39 is 12.2 Å². The number of nitrogens with two attached hydrogens (primary N) is 1. The van der Waals surface area contributed by atoms with E-state index in [2.05, 4.69) is 0 Å². The van der Waals surface area contributed by atoms with Crippen LogP contribution in [0.5, 0.6) is 0 Å². The molecule has 0 fully saturated rings. The van der Waals surface area contributed by atoms with Gasteiger partial charge in [-0.2, -0.15) is 13.2 Å². The van der Waals surface area contributed by atoms with Crippen LogP contribution in [0.2, 0.25) is 0 Å². The lowest BCUT2D eigenvalue weighted by atomic mass is 10.0. The van der Waals surface area contributed by atoms with Crippen LogP contribution in [0.4, 0.5) is 13.2 Å². The lowest BCUT2D eigenvalue weighted by Crippen LogP contribution is -2.28. The summed E-state index contributed by atoms with van der Waals surface area (Å²) in [5.74, 6) is 0. The summed E-state index contributed by atoms with van der Waals surface area (Å²) in [6, 6.07) is 13.7. The molecule has 0 amide bonds. The molecule has 0 aliphatic rings. The largest absolute Gasteiger partial charge is 0.407 e. The molecule has 2 aromatic rings. The van der Waals surface area contributed by atoms with Crippen molar-refractivity contribution in [2.75, 3.05) is 0 Å². The maximum absolute atomic E-state index is 12.4. The number of rotatable bonds is 2. The standard InChI is InChI=1S/C14H12F3N.ClH/c15-14(16,17)13(18)12-8-6-11(7-9-12)10-4-2-1-3-5-10;/h1-9,13H,18H2;1H/t13-;/m0./s1. The number of hydrogen-bond acceptors (Lipinski definition) is 1. The third-order valence-corrected chi connectivity index (χ3v) is 2.73. The van der Waals surface area contributed by atoms with Gasteiger partial charge in [0.05, 0.1) is 0 Å². The smallest absolute Gasteiger partial charge is 0.316 e. The first kappa shape index (κ1) is 15.5. The zero-order chi connectivity index (χ0) is 13.2. The van der Waals surface area contributed by atoms with Crippen LogP contribution in [-0.4, -0.2) is 6.18 Å². The summed E-state index contributed by atoms with van der Waals surface area (Å²) in [5, 5.41) is 0. The highest BCUT2D eigenvalue weighted by atomic mass is 35.5. The summed E-state index contributed by atoms with van der Waals surface area (Å²) in [7, 11) is 0. The fraction of sp³-hybridized carbons (Fsp3) is 0.143. The van der Waals surface area contributed by atoms with E-state index in [9.17, 15) is 13.2 Å². The molecule has 2 rings (SSSR count). The predicted molar refractivity (Wildman–Crippen MR) is 72.1 cm³/mol. The van der Waals surface area contributed by atoms with Crippen molar-refractivity contribution in [2.45, 2.75) is 12.2 Å². The van der Waals surface area contributed by atoms with E-state index in [4.69, 9.17) is 5.73 Å². The number of halogens is 4. The van der Waals surface area contributed by atoms with Gasteiger partial charge in [0, 0.05) is 0 Å². The molecule has 2 aromatic carbocycles. The molecule has 0 spiro atoms. The first-order valence-electron chi connectivity index (χ1n) is 5.46. The normalized spacial score (nSPS) is 12.6. The molecule has 0 unspecified atom stereocenters. The Morgan fingerprint density at radius 3 is 1.74 bits per heavy atom. The maximum Gasteiger partial charge on any atom is 0.407 e. The van der Waals surface area contributed by atoms with Crippen LogP contribution >= 0.6 is 12.4 Å². The summed E-state index contributed by atoms with van der Waals surface area (Å²) in [4.78, 5) is 0. The van der Waals surface area contributed by atoms with Gasteiger partial charge in [0.15, 0.2) is 0 Å². The monoisotopic (exact) mass is 287 g/mol. The van der Waals surface area contributed by atoms with E-state index in [1.807, 2.05) is 30.3 Å². The molecule has 0 saturated carbocycles. The van der Waals surface area contributed by atoms with Crippen LogP contribution in [0.3, 0.4) is 0 Å². The number of alkyl halides is 3. The molecule has 5 heteroatoms. The molecule has 102 valence electrons. The van der Waals surface area contributed by atoms with Gasteiger partial charge in [-0.3, -0.25) is 0 Å². The van der Waals surface area contributed by atoms with Gasteiger partial charge in [0.2, 0.25) is 0 Å². The topological polar surface area (TPSA) is 26.0 Å². The third kappa shape index (κ3) is 3.72. The van der Waals surface area contributed by atoms with Crippen molar-refractivity contribution in [1.82, 2.24) is 0 Å². The van der Waals surface area contributed by atoms with E-state index in [0.29, 0.717) is 0 Å². The van der Waals surface area contributed by atoms with Gasteiger partial charge >= 0.3 is 6.18 Å². The fourth-order valence-corrected chi connectivity index (χ4v) is 1.70. The van der Waals surface area contributed by atoms with Crippen molar-refractivity contribution >= 4 is 12.4 Å². The fourth-order valence-electron chi connectivity index (χ4n) is 1.70. The third-order valence-electron chi connectivity index (χ3n) is 2.73. The van der Waals surface area contributed by atoms with Crippen LogP contribution < -0.4 is 5.73 Å². The summed E-state index contributed by atoms with van der Waals surface area (Å²) in [6.07, 6.45) is -4.41. The van der Waals surface area contributed by atoms with Crippen molar-refractivity contribution in [3.8, 4) is 11.1 Å². The Morgan fingerprint density at radius 1 is 0.789 bits per heavy atom. The van der Waals surface area contributed by atoms with Crippen LogP contribution in [-0.2, 0) is 0 Å². The molecule has 0 heterocycles. The van der Waals surface area contributed by atoms with Crippen molar-refractivity contribution in [3.63, 3.8) is 0 Å². The summed E-state index contributed by atoms with van der Waals surface area (Å²) in [5.41, 5.74) is 7.04. The Morgan fingerprint density at radius 2 is 1.26 bits per heavy atom. The lowest BCUT2D eigenvalue weighted by Gasteiger charge is -2.16. The first-order chi connectivity index (χ1) is 8.48. The highest BCUT2D eigenvalue weighted by Gasteiger charge is 2.37. The van der Waals surface area contributed by atoms with Gasteiger partial charge in [0.25, 0.3) is 0 Å². The Labute approximate surface area is 115 Å². The highest BCUT2D eigenvalue weighted by molar-refractivity contribution is 5.85. The molecule has 2 N–H and O–H groups in total. The van der Waals surface area contributed by atoms with Crippen LogP contribution in [0.1, 0.15) is 11.6 Å². The van der Waals surface area contributed by atoms with E-state index in [1.165, 1.54) is 12.1 Å². The first-order valence-corrected chi connectivity index (χ1v) is 5.46. The summed E-state index contributed by atoms with van der Waals surface area (Å²) >= 11 is 0. The second kappa shape index (κ2) is 6.08. The van der Waals surface area contributed by atoms with E-state index >= 15 is 0 Å². The van der Waals surface area contributed by atoms with Crippen molar-refractivity contribution in [1.29, 1.82) is 0 Å². The van der Waals surface area contributed by atoms with Gasteiger partial charge in [-0.1, -0.05) is 54.6 Å². The second-order valence-electron chi connectivity index (χ2n) is 4.01. The minimum atomic E-state index is -4.41. The molecule has 0 aliphatic carbocycles. The van der Waals surface area contributed by atoms with Gasteiger partial charge in [-0.25, -0.2) is 0 Å². The van der Waals surface area contributed by atoms with Crippen molar-refractivity contribution < 1.29 is 13.2 Å². The zero-order valence-electron chi connectivity index (χ0n) is 9.89. The molecule has 0 aromatic heterocycles. The summed E-state index contributed by atoms with van der Waals surface area (Å²) < 4.78 is 37.3. The zero-order valence-corrected chi connectivity index (χ0v) is 10.7. The summed E-state index contributed by atoms with van der Waals surface area (Å²) in [6.45, 7) is 0. The van der Waals surface area contributed by atoms with E-state index in [1.54, 1.807) is 12.1 Å². The molecule has 0 radical (unpaired) electrons. The molecule has 0 aliphatic heterocycles. The van der Waals surface area contributed by atoms with Crippen LogP contribution in [0.25, 0.3) is 11.1 Å². The van der Waals surface area contributed by atoms with Gasteiger partial charge < -0.3 is 5.73 Å². The molecular weight excluding hydrogens is 275 g/mol. The molecule has 19 heavy (non-hydrogen) atoms. The van der Waals surface area contributed by atoms with Gasteiger partial charge in [-0.15, -0.1) is 12.4 Å². The Hall–Kier alpha value is -1.52. The van der Waals surface area contributed by atoms with E-state index in [0.717, 1.165) is 11.1 Å². The highest BCUT2D eigenvalue weighted by Crippen LogP contribution is 2.31. The minimum Gasteiger partial charge on any atom is -0.316 e. The Balaban J connectivity index is 0.00000180. The Kier molecular flexibility index (Phi) is 4.97. The van der Waals surface area contributed by atoms with Gasteiger partial charge in [0.1, 0.15) is 6.04 Å². The molecule has 0 bridgehead atoms. The number of benzene rings is 2. The van der Waals surface area contributed by atoms with Gasteiger partial charge in [-0.05, 0) is 16.7 Å². The average molecular weight is 288 g/mol. The molecule has 1 nitrogen and oxygen atoms in total. The second-order valence-corrected chi connectivity index (χ2v) is 4.01. The molecule has 0 saturated heterocycles. The molecular formula is C14H13ClF3N. The maximum atomic E-state index is 12.4. The molecule has 1 atom stereocenters. The predicted octanol–water partition coefficient (Wildman–Crippen LogP) is 4.34. The Bertz CT molecular complexity index is 508. The SMILES string of the molecule is Cl.N[C@@H](c1ccc(-c2ccccc2)cc1)C(F)(F)F. The van der Waals surface area contributed by atoms with Crippen molar-refractivity contribution in [3.05, 3.63) is 60.2 Å². The lowest BCUT2D eigenvalue weighted by molar-refractivity contribution is -0.149. The number of hydrogen-bond donors (Lipinski definition) is 1. The van der Waals surface area contributed by atoms with Crippen LogP contribution in [0, 0.1) is 0 Å².